The van der Waals surface area contributed by atoms with Crippen LogP contribution in [0.2, 0.25) is 0 Å². The van der Waals surface area contributed by atoms with Crippen LogP contribution in [0.1, 0.15) is 5.56 Å². The highest BCUT2D eigenvalue weighted by atomic mass is 19.1. The molecule has 2 rings (SSSR count). The van der Waals surface area contributed by atoms with E-state index in [0.29, 0.717) is 22.8 Å². The van der Waals surface area contributed by atoms with Gasteiger partial charge in [0.15, 0.2) is 23.1 Å². The van der Waals surface area contributed by atoms with Crippen LogP contribution in [0.15, 0.2) is 36.4 Å². The monoisotopic (exact) mass is 277 g/mol. The minimum absolute atomic E-state index is 0.0813. The Bertz CT molecular complexity index is 579. The second-order valence-corrected chi connectivity index (χ2v) is 4.03. The number of benzene rings is 2. The van der Waals surface area contributed by atoms with Crippen LogP contribution in [0.4, 0.5) is 4.39 Å². The zero-order chi connectivity index (χ0) is 14.5. The molecule has 2 N–H and O–H groups in total. The van der Waals surface area contributed by atoms with Crippen molar-refractivity contribution in [2.24, 2.45) is 5.73 Å². The average molecular weight is 277 g/mol. The number of hydrogen-bond donors (Lipinski definition) is 1. The largest absolute Gasteiger partial charge is 0.493 e. The van der Waals surface area contributed by atoms with Crippen molar-refractivity contribution in [2.75, 3.05) is 14.2 Å². The first-order chi connectivity index (χ1) is 9.71. The summed E-state index contributed by atoms with van der Waals surface area (Å²) in [5.41, 5.74) is 6.17. The number of methoxy groups -OCH3 is 2. The Hall–Kier alpha value is -2.27. The van der Waals surface area contributed by atoms with Gasteiger partial charge < -0.3 is 19.9 Å². The van der Waals surface area contributed by atoms with E-state index in [2.05, 4.69) is 0 Å². The summed E-state index contributed by atoms with van der Waals surface area (Å²) in [5, 5.41) is 0. The summed E-state index contributed by atoms with van der Waals surface area (Å²) >= 11 is 0. The Morgan fingerprint density at radius 1 is 0.950 bits per heavy atom. The van der Waals surface area contributed by atoms with Gasteiger partial charge in [-0.1, -0.05) is 18.2 Å². The molecular weight excluding hydrogens is 261 g/mol. The quantitative estimate of drug-likeness (QED) is 0.912. The fourth-order valence-electron chi connectivity index (χ4n) is 1.85. The first kappa shape index (κ1) is 14.1. The molecule has 0 saturated carbocycles. The third-order valence-corrected chi connectivity index (χ3v) is 2.86. The molecule has 0 spiro atoms. The molecule has 0 unspecified atom stereocenters. The molecule has 106 valence electrons. The van der Waals surface area contributed by atoms with Crippen LogP contribution in [0.5, 0.6) is 23.0 Å². The summed E-state index contributed by atoms with van der Waals surface area (Å²) in [7, 11) is 3.01. The van der Waals surface area contributed by atoms with Gasteiger partial charge in [0.2, 0.25) is 5.75 Å². The molecule has 0 amide bonds. The fraction of sp³-hybridized carbons (Fsp3) is 0.200. The van der Waals surface area contributed by atoms with Crippen LogP contribution in [0.3, 0.4) is 0 Å². The van der Waals surface area contributed by atoms with E-state index in [1.54, 1.807) is 30.3 Å². The maximum Gasteiger partial charge on any atom is 0.211 e. The van der Waals surface area contributed by atoms with Gasteiger partial charge in [-0.3, -0.25) is 0 Å². The zero-order valence-electron chi connectivity index (χ0n) is 11.4. The van der Waals surface area contributed by atoms with E-state index in [4.69, 9.17) is 19.9 Å². The van der Waals surface area contributed by atoms with Crippen LogP contribution >= 0.6 is 0 Å². The van der Waals surface area contributed by atoms with E-state index in [-0.39, 0.29) is 12.3 Å². The lowest BCUT2D eigenvalue weighted by molar-refractivity contribution is 0.338. The highest BCUT2D eigenvalue weighted by molar-refractivity contribution is 5.54. The Labute approximate surface area is 116 Å². The second-order valence-electron chi connectivity index (χ2n) is 4.03. The van der Waals surface area contributed by atoms with Crippen LogP contribution in [-0.4, -0.2) is 14.2 Å². The SMILES string of the molecule is COc1cccc(OC)c1Oc1c(F)cccc1CN. The Morgan fingerprint density at radius 2 is 1.55 bits per heavy atom. The smallest absolute Gasteiger partial charge is 0.211 e. The number of halogens is 1. The van der Waals surface area contributed by atoms with Gasteiger partial charge in [0.25, 0.3) is 0 Å². The molecule has 0 heterocycles. The summed E-state index contributed by atoms with van der Waals surface area (Å²) in [5.74, 6) is 0.821. The fourth-order valence-corrected chi connectivity index (χ4v) is 1.85. The molecule has 0 aliphatic carbocycles. The number of ether oxygens (including phenoxy) is 3. The molecule has 0 aliphatic rings. The predicted molar refractivity (Wildman–Crippen MR) is 73.9 cm³/mol. The predicted octanol–water partition coefficient (Wildman–Crippen LogP) is 3.09. The molecular formula is C15H16FNO3. The minimum atomic E-state index is -0.485. The lowest BCUT2D eigenvalue weighted by Crippen LogP contribution is -2.02. The molecule has 0 radical (unpaired) electrons. The highest BCUT2D eigenvalue weighted by Crippen LogP contribution is 2.41. The van der Waals surface area contributed by atoms with Gasteiger partial charge in [-0.15, -0.1) is 0 Å². The Balaban J connectivity index is 2.49. The molecule has 2 aromatic carbocycles. The van der Waals surface area contributed by atoms with Crippen molar-refractivity contribution in [1.82, 2.24) is 0 Å². The van der Waals surface area contributed by atoms with E-state index in [9.17, 15) is 4.39 Å². The third kappa shape index (κ3) is 2.67. The summed E-state index contributed by atoms with van der Waals surface area (Å²) in [4.78, 5) is 0. The first-order valence-corrected chi connectivity index (χ1v) is 6.07. The standard InChI is InChI=1S/C15H16FNO3/c1-18-12-7-4-8-13(19-2)15(12)20-14-10(9-17)5-3-6-11(14)16/h3-8H,9,17H2,1-2H3. The van der Waals surface area contributed by atoms with Gasteiger partial charge in [0.1, 0.15) is 0 Å². The number of hydrogen-bond acceptors (Lipinski definition) is 4. The van der Waals surface area contributed by atoms with Gasteiger partial charge in [0.05, 0.1) is 14.2 Å². The van der Waals surface area contributed by atoms with Gasteiger partial charge in [0, 0.05) is 12.1 Å². The van der Waals surface area contributed by atoms with Crippen LogP contribution in [-0.2, 0) is 6.54 Å². The van der Waals surface area contributed by atoms with Crippen LogP contribution < -0.4 is 19.9 Å². The second kappa shape index (κ2) is 6.25. The maximum atomic E-state index is 13.9. The average Bonchev–Trinajstić information content (AvgIpc) is 2.49. The molecule has 0 bridgehead atoms. The van der Waals surface area contributed by atoms with Crippen molar-refractivity contribution in [2.45, 2.75) is 6.54 Å². The zero-order valence-corrected chi connectivity index (χ0v) is 11.4. The molecule has 0 fully saturated rings. The lowest BCUT2D eigenvalue weighted by Gasteiger charge is -2.16. The van der Waals surface area contributed by atoms with Crippen LogP contribution in [0, 0.1) is 5.82 Å². The van der Waals surface area contributed by atoms with E-state index in [1.165, 1.54) is 20.3 Å². The van der Waals surface area contributed by atoms with Crippen molar-refractivity contribution in [3.8, 4) is 23.0 Å². The van der Waals surface area contributed by atoms with Gasteiger partial charge in [-0.2, -0.15) is 0 Å². The summed E-state index contributed by atoms with van der Waals surface area (Å²) < 4.78 is 30.0. The van der Waals surface area contributed by atoms with Gasteiger partial charge in [-0.05, 0) is 18.2 Å². The minimum Gasteiger partial charge on any atom is -0.493 e. The van der Waals surface area contributed by atoms with E-state index in [0.717, 1.165) is 0 Å². The van der Waals surface area contributed by atoms with Crippen molar-refractivity contribution < 1.29 is 18.6 Å². The molecule has 2 aromatic rings. The Kier molecular flexibility index (Phi) is 4.42. The van der Waals surface area contributed by atoms with E-state index < -0.39 is 5.82 Å². The number of nitrogens with two attached hydrogens (primary N) is 1. The molecule has 0 aromatic heterocycles. The van der Waals surface area contributed by atoms with Gasteiger partial charge in [-0.25, -0.2) is 4.39 Å². The summed E-state index contributed by atoms with van der Waals surface area (Å²) in [6, 6.07) is 9.79. The molecule has 4 nitrogen and oxygen atoms in total. The van der Waals surface area contributed by atoms with Crippen molar-refractivity contribution >= 4 is 0 Å². The van der Waals surface area contributed by atoms with Gasteiger partial charge >= 0.3 is 0 Å². The third-order valence-electron chi connectivity index (χ3n) is 2.86. The Morgan fingerprint density at radius 3 is 2.10 bits per heavy atom. The number of rotatable bonds is 5. The van der Waals surface area contributed by atoms with E-state index >= 15 is 0 Å². The maximum absolute atomic E-state index is 13.9. The van der Waals surface area contributed by atoms with Crippen molar-refractivity contribution in [3.05, 3.63) is 47.8 Å². The topological polar surface area (TPSA) is 53.7 Å². The molecule has 0 saturated heterocycles. The normalized spacial score (nSPS) is 10.2. The highest BCUT2D eigenvalue weighted by Gasteiger charge is 2.16. The lowest BCUT2D eigenvalue weighted by atomic mass is 10.2. The summed E-state index contributed by atoms with van der Waals surface area (Å²) in [6.07, 6.45) is 0. The van der Waals surface area contributed by atoms with Crippen LogP contribution in [0.25, 0.3) is 0 Å². The van der Waals surface area contributed by atoms with Crippen molar-refractivity contribution in [1.29, 1.82) is 0 Å². The molecule has 20 heavy (non-hydrogen) atoms. The number of para-hydroxylation sites is 2. The first-order valence-electron chi connectivity index (χ1n) is 6.07. The van der Waals surface area contributed by atoms with E-state index in [1.807, 2.05) is 0 Å². The molecule has 5 heteroatoms. The summed E-state index contributed by atoms with van der Waals surface area (Å²) in [6.45, 7) is 0.171. The van der Waals surface area contributed by atoms with Crippen molar-refractivity contribution in [3.63, 3.8) is 0 Å². The molecule has 0 atom stereocenters. The molecule has 0 aliphatic heterocycles.